The predicted octanol–water partition coefficient (Wildman–Crippen LogP) is 3.32. The van der Waals surface area contributed by atoms with E-state index in [9.17, 15) is 10.1 Å². The Morgan fingerprint density at radius 3 is 2.71 bits per heavy atom. The van der Waals surface area contributed by atoms with Crippen LogP contribution in [0.1, 0.15) is 74.4 Å². The fourth-order valence-electron chi connectivity index (χ4n) is 3.65. The van der Waals surface area contributed by atoms with Gasteiger partial charge in [-0.1, -0.05) is 6.07 Å². The molecular weight excluding hydrogens is 392 g/mol. The van der Waals surface area contributed by atoms with Crippen molar-refractivity contribution in [1.82, 2.24) is 24.8 Å². The maximum absolute atomic E-state index is 13.0. The summed E-state index contributed by atoms with van der Waals surface area (Å²) in [6.45, 7) is 7.83. The van der Waals surface area contributed by atoms with Crippen LogP contribution in [0.3, 0.4) is 0 Å². The largest absolute Gasteiger partial charge is 0.382 e. The van der Waals surface area contributed by atoms with Crippen LogP contribution >= 0.6 is 0 Å². The third-order valence-corrected chi connectivity index (χ3v) is 5.11. The predicted molar refractivity (Wildman–Crippen MR) is 118 cm³/mol. The summed E-state index contributed by atoms with van der Waals surface area (Å²) in [6.07, 6.45) is 3.39. The molecule has 0 bridgehead atoms. The van der Waals surface area contributed by atoms with Gasteiger partial charge in [0.05, 0.1) is 22.6 Å². The van der Waals surface area contributed by atoms with Gasteiger partial charge in [-0.3, -0.25) is 4.79 Å². The second-order valence-electron chi connectivity index (χ2n) is 8.91. The molecule has 160 valence electrons. The van der Waals surface area contributed by atoms with Gasteiger partial charge in [-0.2, -0.15) is 5.26 Å². The SMILES string of the molecule is C[C@H](Nc1ncnc(N)c1C#N)c1nc2cccc(C(=O)NC(C)(C)C)c2n1C1CC1. The van der Waals surface area contributed by atoms with Crippen LogP contribution in [0.4, 0.5) is 11.6 Å². The molecule has 4 rings (SSSR count). The quantitative estimate of drug-likeness (QED) is 0.578. The van der Waals surface area contributed by atoms with Crippen LogP contribution < -0.4 is 16.4 Å². The highest BCUT2D eigenvalue weighted by Crippen LogP contribution is 2.41. The lowest BCUT2D eigenvalue weighted by atomic mass is 10.1. The Morgan fingerprint density at radius 1 is 1.32 bits per heavy atom. The van der Waals surface area contributed by atoms with Crippen molar-refractivity contribution in [2.24, 2.45) is 0 Å². The number of carbonyl (C=O) groups is 1. The first-order valence-corrected chi connectivity index (χ1v) is 10.3. The van der Waals surface area contributed by atoms with Crippen LogP contribution in [0, 0.1) is 11.3 Å². The molecule has 1 amide bonds. The molecule has 0 spiro atoms. The van der Waals surface area contributed by atoms with Crippen LogP contribution in [0.15, 0.2) is 24.5 Å². The van der Waals surface area contributed by atoms with Gasteiger partial charge in [0.2, 0.25) is 0 Å². The molecule has 0 unspecified atom stereocenters. The lowest BCUT2D eigenvalue weighted by Gasteiger charge is -2.21. The van der Waals surface area contributed by atoms with E-state index in [4.69, 9.17) is 10.7 Å². The van der Waals surface area contributed by atoms with Gasteiger partial charge in [0.1, 0.15) is 35.4 Å². The summed E-state index contributed by atoms with van der Waals surface area (Å²) in [5.41, 5.74) is 7.88. The Hall–Kier alpha value is -3.67. The number of nitrogens with one attached hydrogen (secondary N) is 2. The minimum absolute atomic E-state index is 0.123. The number of fused-ring (bicyclic) bond motifs is 1. The number of carbonyl (C=O) groups excluding carboxylic acids is 1. The zero-order chi connectivity index (χ0) is 22.3. The van der Waals surface area contributed by atoms with Crippen LogP contribution in [0.25, 0.3) is 11.0 Å². The molecule has 0 saturated heterocycles. The number of imidazole rings is 1. The Morgan fingerprint density at radius 2 is 2.06 bits per heavy atom. The number of para-hydroxylation sites is 1. The van der Waals surface area contributed by atoms with Gasteiger partial charge in [-0.05, 0) is 52.7 Å². The van der Waals surface area contributed by atoms with Crippen molar-refractivity contribution in [2.45, 2.75) is 58.2 Å². The minimum atomic E-state index is -0.345. The Balaban J connectivity index is 1.78. The first-order valence-electron chi connectivity index (χ1n) is 10.3. The highest BCUT2D eigenvalue weighted by molar-refractivity contribution is 6.05. The molecule has 2 aromatic heterocycles. The Bertz CT molecular complexity index is 1200. The van der Waals surface area contributed by atoms with Crippen LogP contribution in [-0.2, 0) is 0 Å². The molecule has 1 aromatic carbocycles. The third-order valence-electron chi connectivity index (χ3n) is 5.11. The summed E-state index contributed by atoms with van der Waals surface area (Å²) in [5.74, 6) is 1.16. The Kier molecular flexibility index (Phi) is 5.01. The van der Waals surface area contributed by atoms with Crippen molar-refractivity contribution in [3.8, 4) is 6.07 Å². The van der Waals surface area contributed by atoms with Crippen molar-refractivity contribution >= 4 is 28.6 Å². The van der Waals surface area contributed by atoms with Crippen LogP contribution in [0.2, 0.25) is 0 Å². The molecule has 31 heavy (non-hydrogen) atoms. The zero-order valence-electron chi connectivity index (χ0n) is 18.1. The summed E-state index contributed by atoms with van der Waals surface area (Å²) < 4.78 is 2.15. The van der Waals surface area contributed by atoms with Crippen molar-refractivity contribution in [2.75, 3.05) is 11.1 Å². The van der Waals surface area contributed by atoms with E-state index in [2.05, 4.69) is 31.2 Å². The zero-order valence-corrected chi connectivity index (χ0v) is 18.1. The fourth-order valence-corrected chi connectivity index (χ4v) is 3.65. The molecule has 0 radical (unpaired) electrons. The molecule has 1 atom stereocenters. The van der Waals surface area contributed by atoms with Crippen LogP contribution in [0.5, 0.6) is 0 Å². The topological polar surface area (TPSA) is 135 Å². The number of nitrogen functional groups attached to an aromatic ring is 1. The first-order chi connectivity index (χ1) is 14.7. The molecule has 1 aliphatic rings. The maximum atomic E-state index is 13.0. The number of nitrogens with zero attached hydrogens (tertiary/aromatic N) is 5. The first kappa shape index (κ1) is 20.6. The van der Waals surface area contributed by atoms with E-state index in [-0.39, 0.29) is 28.9 Å². The van der Waals surface area contributed by atoms with Crippen LogP contribution in [-0.4, -0.2) is 31.0 Å². The fraction of sp³-hybridized carbons (Fsp3) is 0.409. The number of hydrogen-bond acceptors (Lipinski definition) is 7. The second kappa shape index (κ2) is 7.54. The van der Waals surface area contributed by atoms with Gasteiger partial charge in [-0.15, -0.1) is 0 Å². The number of hydrogen-bond donors (Lipinski definition) is 3. The van der Waals surface area contributed by atoms with E-state index >= 15 is 0 Å². The van der Waals surface area contributed by atoms with Crippen molar-refractivity contribution in [1.29, 1.82) is 5.26 Å². The van der Waals surface area contributed by atoms with Gasteiger partial charge in [-0.25, -0.2) is 15.0 Å². The molecule has 3 aromatic rings. The van der Waals surface area contributed by atoms with Crippen molar-refractivity contribution in [3.63, 3.8) is 0 Å². The summed E-state index contributed by atoms with van der Waals surface area (Å²) in [5, 5.41) is 15.7. The number of anilines is 2. The van der Waals surface area contributed by atoms with Gasteiger partial charge < -0.3 is 20.9 Å². The molecule has 1 fully saturated rings. The lowest BCUT2D eigenvalue weighted by Crippen LogP contribution is -2.40. The molecule has 2 heterocycles. The third kappa shape index (κ3) is 4.01. The molecule has 4 N–H and O–H groups in total. The second-order valence-corrected chi connectivity index (χ2v) is 8.91. The minimum Gasteiger partial charge on any atom is -0.382 e. The van der Waals surface area contributed by atoms with Crippen molar-refractivity contribution < 1.29 is 4.79 Å². The average Bonchev–Trinajstić information content (AvgIpc) is 3.45. The van der Waals surface area contributed by atoms with Gasteiger partial charge >= 0.3 is 0 Å². The lowest BCUT2D eigenvalue weighted by molar-refractivity contribution is 0.0921. The molecular formula is C22H26N8O. The maximum Gasteiger partial charge on any atom is 0.253 e. The summed E-state index contributed by atoms with van der Waals surface area (Å²) in [6, 6.07) is 7.68. The number of benzene rings is 1. The van der Waals surface area contributed by atoms with Crippen molar-refractivity contribution in [3.05, 3.63) is 41.5 Å². The smallest absolute Gasteiger partial charge is 0.253 e. The number of nitriles is 1. The average molecular weight is 419 g/mol. The number of amides is 1. The highest BCUT2D eigenvalue weighted by Gasteiger charge is 2.32. The summed E-state index contributed by atoms with van der Waals surface area (Å²) >= 11 is 0. The molecule has 1 aliphatic carbocycles. The van der Waals surface area contributed by atoms with E-state index < -0.39 is 0 Å². The van der Waals surface area contributed by atoms with Gasteiger partial charge in [0.15, 0.2) is 0 Å². The molecule has 0 aliphatic heterocycles. The standard InChI is InChI=1S/C22H26N8O/c1-12(27-19-15(10-23)18(24)25-11-26-19)20-28-16-7-5-6-14(21(31)29-22(2,3)4)17(16)30(20)13-8-9-13/h5-7,11-13H,8-9H2,1-4H3,(H,29,31)(H3,24,25,26,27)/t12-/m0/s1. The monoisotopic (exact) mass is 418 g/mol. The van der Waals surface area contributed by atoms with Gasteiger partial charge in [0.25, 0.3) is 5.91 Å². The van der Waals surface area contributed by atoms with Gasteiger partial charge in [0, 0.05) is 11.6 Å². The summed E-state index contributed by atoms with van der Waals surface area (Å²) in [7, 11) is 0. The van der Waals surface area contributed by atoms with E-state index in [1.807, 2.05) is 45.9 Å². The number of aromatic nitrogens is 4. The molecule has 9 heteroatoms. The normalized spacial score (nSPS) is 14.8. The summed E-state index contributed by atoms with van der Waals surface area (Å²) in [4.78, 5) is 25.9. The molecule has 1 saturated carbocycles. The van der Waals surface area contributed by atoms with E-state index in [1.54, 1.807) is 0 Å². The van der Waals surface area contributed by atoms with E-state index in [0.717, 1.165) is 29.7 Å². The Labute approximate surface area is 180 Å². The molecule has 9 nitrogen and oxygen atoms in total. The van der Waals surface area contributed by atoms with E-state index in [0.29, 0.717) is 17.4 Å². The highest BCUT2D eigenvalue weighted by atomic mass is 16.1. The number of rotatable bonds is 5. The van der Waals surface area contributed by atoms with E-state index in [1.165, 1.54) is 6.33 Å². The number of nitrogens with two attached hydrogens (primary N) is 1.